The molecule has 2 rings (SSSR count). The summed E-state index contributed by atoms with van der Waals surface area (Å²) in [6.45, 7) is 8.59. The highest BCUT2D eigenvalue weighted by Crippen LogP contribution is 2.17. The maximum absolute atomic E-state index is 4.45. The average Bonchev–Trinajstić information content (AvgIpc) is 2.32. The Morgan fingerprint density at radius 2 is 2.29 bits per heavy atom. The minimum Gasteiger partial charge on any atom is -0.369 e. The van der Waals surface area contributed by atoms with Crippen molar-refractivity contribution in [3.05, 3.63) is 18.1 Å². The minimum atomic E-state index is 0.817. The Hall–Kier alpha value is -1.16. The summed E-state index contributed by atoms with van der Waals surface area (Å²) in [7, 11) is 0. The second kappa shape index (κ2) is 5.96. The zero-order valence-electron chi connectivity index (χ0n) is 10.8. The molecule has 0 aliphatic carbocycles. The minimum absolute atomic E-state index is 0.817. The number of nitrogens with zero attached hydrogens (tertiary/aromatic N) is 3. The molecule has 1 atom stereocenters. The van der Waals surface area contributed by atoms with Crippen LogP contribution in [0.25, 0.3) is 0 Å². The number of hydrogen-bond donors (Lipinski definition) is 1. The van der Waals surface area contributed by atoms with Crippen LogP contribution < -0.4 is 5.32 Å². The first-order chi connectivity index (χ1) is 8.28. The van der Waals surface area contributed by atoms with Gasteiger partial charge in [0.2, 0.25) is 0 Å². The van der Waals surface area contributed by atoms with Gasteiger partial charge in [0.05, 0.1) is 18.1 Å². The molecule has 1 N–H and O–H groups in total. The van der Waals surface area contributed by atoms with E-state index in [1.165, 1.54) is 25.9 Å². The molecule has 4 heteroatoms. The molecule has 94 valence electrons. The maximum Gasteiger partial charge on any atom is 0.144 e. The van der Waals surface area contributed by atoms with Gasteiger partial charge in [-0.15, -0.1) is 0 Å². The van der Waals surface area contributed by atoms with Crippen LogP contribution in [0, 0.1) is 5.92 Å². The summed E-state index contributed by atoms with van der Waals surface area (Å²) >= 11 is 0. The van der Waals surface area contributed by atoms with E-state index in [-0.39, 0.29) is 0 Å². The van der Waals surface area contributed by atoms with Gasteiger partial charge in [-0.3, -0.25) is 9.88 Å². The van der Waals surface area contributed by atoms with E-state index < -0.39 is 0 Å². The van der Waals surface area contributed by atoms with Gasteiger partial charge in [-0.1, -0.05) is 6.92 Å². The average molecular weight is 234 g/mol. The largest absolute Gasteiger partial charge is 0.369 e. The fourth-order valence-electron chi connectivity index (χ4n) is 2.37. The third kappa shape index (κ3) is 3.66. The number of aromatic nitrogens is 2. The van der Waals surface area contributed by atoms with E-state index in [2.05, 4.69) is 34.0 Å². The Balaban J connectivity index is 1.89. The highest BCUT2D eigenvalue weighted by atomic mass is 15.1. The third-order valence-corrected chi connectivity index (χ3v) is 3.19. The van der Waals surface area contributed by atoms with Gasteiger partial charge in [0.1, 0.15) is 5.82 Å². The third-order valence-electron chi connectivity index (χ3n) is 3.19. The van der Waals surface area contributed by atoms with E-state index in [9.17, 15) is 0 Å². The van der Waals surface area contributed by atoms with Crippen molar-refractivity contribution in [2.75, 3.05) is 25.0 Å². The second-order valence-corrected chi connectivity index (χ2v) is 4.91. The molecule has 1 fully saturated rings. The Morgan fingerprint density at radius 3 is 2.94 bits per heavy atom. The van der Waals surface area contributed by atoms with Crippen LogP contribution in [0.4, 0.5) is 5.82 Å². The first-order valence-electron chi connectivity index (χ1n) is 6.55. The van der Waals surface area contributed by atoms with Gasteiger partial charge in [-0.05, 0) is 32.2 Å². The smallest absolute Gasteiger partial charge is 0.144 e. The fourth-order valence-corrected chi connectivity index (χ4v) is 2.37. The van der Waals surface area contributed by atoms with Gasteiger partial charge in [-0.25, -0.2) is 4.98 Å². The van der Waals surface area contributed by atoms with Crippen LogP contribution >= 0.6 is 0 Å². The van der Waals surface area contributed by atoms with Crippen molar-refractivity contribution in [3.8, 4) is 0 Å². The number of hydrogen-bond acceptors (Lipinski definition) is 4. The molecular formula is C13H22N4. The lowest BCUT2D eigenvalue weighted by Crippen LogP contribution is -2.34. The fraction of sp³-hybridized carbons (Fsp3) is 0.692. The van der Waals surface area contributed by atoms with Gasteiger partial charge in [0.25, 0.3) is 0 Å². The van der Waals surface area contributed by atoms with E-state index >= 15 is 0 Å². The van der Waals surface area contributed by atoms with Crippen LogP contribution in [0.1, 0.15) is 32.4 Å². The van der Waals surface area contributed by atoms with Crippen molar-refractivity contribution in [1.82, 2.24) is 14.9 Å². The molecule has 17 heavy (non-hydrogen) atoms. The van der Waals surface area contributed by atoms with Gasteiger partial charge >= 0.3 is 0 Å². The summed E-state index contributed by atoms with van der Waals surface area (Å²) in [6, 6.07) is 0. The van der Waals surface area contributed by atoms with Crippen molar-refractivity contribution in [2.24, 2.45) is 5.92 Å². The van der Waals surface area contributed by atoms with E-state index in [1.807, 2.05) is 12.4 Å². The molecule has 0 aromatic carbocycles. The first-order valence-corrected chi connectivity index (χ1v) is 6.55. The number of nitrogens with one attached hydrogen (secondary N) is 1. The molecule has 0 saturated carbocycles. The number of likely N-dealkylation sites (tertiary alicyclic amines) is 1. The monoisotopic (exact) mass is 234 g/mol. The number of rotatable bonds is 4. The molecule has 0 spiro atoms. The summed E-state index contributed by atoms with van der Waals surface area (Å²) in [5.41, 5.74) is 1.07. The molecule has 1 aliphatic rings. The van der Waals surface area contributed by atoms with Gasteiger partial charge in [0, 0.05) is 19.6 Å². The summed E-state index contributed by atoms with van der Waals surface area (Å²) in [6.07, 6.45) is 6.38. The molecule has 0 amide bonds. The summed E-state index contributed by atoms with van der Waals surface area (Å²) in [5, 5.41) is 3.16. The maximum atomic E-state index is 4.45. The van der Waals surface area contributed by atoms with Gasteiger partial charge in [0.15, 0.2) is 0 Å². The van der Waals surface area contributed by atoms with Crippen molar-refractivity contribution in [3.63, 3.8) is 0 Å². The van der Waals surface area contributed by atoms with Gasteiger partial charge in [-0.2, -0.15) is 0 Å². The summed E-state index contributed by atoms with van der Waals surface area (Å²) in [5.74, 6) is 1.68. The predicted molar refractivity (Wildman–Crippen MR) is 69.9 cm³/mol. The molecule has 1 saturated heterocycles. The van der Waals surface area contributed by atoms with Crippen LogP contribution in [-0.2, 0) is 6.54 Å². The van der Waals surface area contributed by atoms with Crippen LogP contribution in [0.3, 0.4) is 0 Å². The Morgan fingerprint density at radius 1 is 1.41 bits per heavy atom. The lowest BCUT2D eigenvalue weighted by atomic mass is 10.0. The molecule has 0 radical (unpaired) electrons. The zero-order chi connectivity index (χ0) is 12.1. The lowest BCUT2D eigenvalue weighted by Gasteiger charge is -2.30. The molecular weight excluding hydrogens is 212 g/mol. The van der Waals surface area contributed by atoms with Crippen LogP contribution in [0.15, 0.2) is 12.4 Å². The molecule has 1 aromatic heterocycles. The number of piperidine rings is 1. The normalized spacial score (nSPS) is 21.4. The first kappa shape index (κ1) is 12.3. The standard InChI is InChI=1S/C13H22N4/c1-3-14-13-8-15-12(7-16-13)10-17-6-4-5-11(2)9-17/h7-8,11H,3-6,9-10H2,1-2H3,(H,14,16). The topological polar surface area (TPSA) is 41.1 Å². The van der Waals surface area contributed by atoms with Crippen LogP contribution in [0.5, 0.6) is 0 Å². The molecule has 1 aliphatic heterocycles. The van der Waals surface area contributed by atoms with Crippen molar-refractivity contribution in [2.45, 2.75) is 33.2 Å². The molecule has 0 bridgehead atoms. The molecule has 1 aromatic rings. The summed E-state index contributed by atoms with van der Waals surface area (Å²) < 4.78 is 0. The van der Waals surface area contributed by atoms with E-state index in [0.717, 1.165) is 30.5 Å². The van der Waals surface area contributed by atoms with Crippen LogP contribution in [-0.4, -0.2) is 34.5 Å². The van der Waals surface area contributed by atoms with Crippen molar-refractivity contribution >= 4 is 5.82 Å². The SMILES string of the molecule is CCNc1cnc(CN2CCCC(C)C2)cn1. The lowest BCUT2D eigenvalue weighted by molar-refractivity contribution is 0.174. The molecule has 4 nitrogen and oxygen atoms in total. The van der Waals surface area contributed by atoms with E-state index in [1.54, 1.807) is 0 Å². The second-order valence-electron chi connectivity index (χ2n) is 4.91. The van der Waals surface area contributed by atoms with E-state index in [0.29, 0.717) is 0 Å². The van der Waals surface area contributed by atoms with Crippen molar-refractivity contribution < 1.29 is 0 Å². The Bertz CT molecular complexity index is 336. The highest BCUT2D eigenvalue weighted by molar-refractivity contribution is 5.30. The summed E-state index contributed by atoms with van der Waals surface area (Å²) in [4.78, 5) is 11.3. The van der Waals surface area contributed by atoms with Crippen LogP contribution in [0.2, 0.25) is 0 Å². The predicted octanol–water partition coefficient (Wildman–Crippen LogP) is 2.14. The van der Waals surface area contributed by atoms with Gasteiger partial charge < -0.3 is 5.32 Å². The number of anilines is 1. The van der Waals surface area contributed by atoms with E-state index in [4.69, 9.17) is 0 Å². The Labute approximate surface area is 103 Å². The molecule has 2 heterocycles. The Kier molecular flexibility index (Phi) is 4.31. The quantitative estimate of drug-likeness (QED) is 0.866. The zero-order valence-corrected chi connectivity index (χ0v) is 10.8. The van der Waals surface area contributed by atoms with Crippen molar-refractivity contribution in [1.29, 1.82) is 0 Å². The molecule has 1 unspecified atom stereocenters. The highest BCUT2D eigenvalue weighted by Gasteiger charge is 2.16.